The fraction of sp³-hybridized carbons (Fsp3) is 0.636. The highest BCUT2D eigenvalue weighted by Gasteiger charge is 2.42. The summed E-state index contributed by atoms with van der Waals surface area (Å²) in [5.41, 5.74) is 2.80. The van der Waals surface area contributed by atoms with Crippen molar-refractivity contribution in [1.82, 2.24) is 4.57 Å². The van der Waals surface area contributed by atoms with Gasteiger partial charge in [0.05, 0.1) is 0 Å². The molecule has 2 rings (SSSR count). The van der Waals surface area contributed by atoms with Crippen LogP contribution in [0, 0.1) is 13.8 Å². The summed E-state index contributed by atoms with van der Waals surface area (Å²) in [4.78, 5) is 0. The van der Waals surface area contributed by atoms with Gasteiger partial charge in [-0.25, -0.2) is 0 Å². The van der Waals surface area contributed by atoms with Gasteiger partial charge in [0.1, 0.15) is 0 Å². The van der Waals surface area contributed by atoms with Gasteiger partial charge in [-0.3, -0.25) is 0 Å². The number of thioether (sulfide) groups is 1. The molecule has 1 saturated carbocycles. The summed E-state index contributed by atoms with van der Waals surface area (Å²) in [6.45, 7) is 5.60. The van der Waals surface area contributed by atoms with Crippen molar-refractivity contribution in [3.63, 3.8) is 0 Å². The highest BCUT2D eigenvalue weighted by atomic mass is 32.2. The van der Waals surface area contributed by atoms with Gasteiger partial charge in [-0.2, -0.15) is 11.8 Å². The van der Waals surface area contributed by atoms with Gasteiger partial charge in [0.15, 0.2) is 0 Å². The van der Waals surface area contributed by atoms with E-state index in [2.05, 4.69) is 36.8 Å². The average molecular weight is 195 g/mol. The van der Waals surface area contributed by atoms with Gasteiger partial charge in [-0.1, -0.05) is 0 Å². The number of hydrogen-bond donors (Lipinski definition) is 0. The maximum atomic E-state index is 2.45. The molecule has 0 unspecified atom stereocenters. The summed E-state index contributed by atoms with van der Waals surface area (Å²) in [5.74, 6) is 0. The van der Waals surface area contributed by atoms with Gasteiger partial charge in [-0.15, -0.1) is 0 Å². The van der Waals surface area contributed by atoms with Crippen LogP contribution in [0.4, 0.5) is 0 Å². The minimum atomic E-state index is 0.578. The molecule has 1 heterocycles. The molecule has 0 saturated heterocycles. The predicted octanol–water partition coefficient (Wildman–Crippen LogP) is 3.00. The molecule has 1 aliphatic rings. The van der Waals surface area contributed by atoms with Crippen molar-refractivity contribution in [2.24, 2.45) is 0 Å². The SMILES string of the molecule is CSC1(Cn2c(C)ccc2C)CC1. The molecule has 13 heavy (non-hydrogen) atoms. The fourth-order valence-electron chi connectivity index (χ4n) is 1.80. The van der Waals surface area contributed by atoms with E-state index in [1.807, 2.05) is 11.8 Å². The lowest BCUT2D eigenvalue weighted by atomic mass is 10.3. The largest absolute Gasteiger partial charge is 0.348 e. The van der Waals surface area contributed by atoms with Crippen molar-refractivity contribution in [2.75, 3.05) is 6.26 Å². The van der Waals surface area contributed by atoms with Crippen LogP contribution in [-0.2, 0) is 6.54 Å². The summed E-state index contributed by atoms with van der Waals surface area (Å²) in [5, 5.41) is 0. The van der Waals surface area contributed by atoms with Gasteiger partial charge in [0, 0.05) is 22.7 Å². The molecule has 1 aromatic rings. The van der Waals surface area contributed by atoms with Crippen LogP contribution < -0.4 is 0 Å². The van der Waals surface area contributed by atoms with E-state index in [0.29, 0.717) is 4.75 Å². The summed E-state index contributed by atoms with van der Waals surface area (Å²) < 4.78 is 3.03. The van der Waals surface area contributed by atoms with E-state index in [1.165, 1.54) is 30.8 Å². The van der Waals surface area contributed by atoms with Crippen LogP contribution in [0.1, 0.15) is 24.2 Å². The summed E-state index contributed by atoms with van der Waals surface area (Å²) in [6.07, 6.45) is 5.03. The molecule has 1 aromatic heterocycles. The predicted molar refractivity (Wildman–Crippen MR) is 59.4 cm³/mol. The third kappa shape index (κ3) is 1.64. The second kappa shape index (κ2) is 3.09. The van der Waals surface area contributed by atoms with Crippen LogP contribution in [0.2, 0.25) is 0 Å². The van der Waals surface area contributed by atoms with Crippen LogP contribution in [0.15, 0.2) is 12.1 Å². The third-order valence-electron chi connectivity index (χ3n) is 3.10. The fourth-order valence-corrected chi connectivity index (χ4v) is 2.57. The van der Waals surface area contributed by atoms with Crippen molar-refractivity contribution >= 4 is 11.8 Å². The molecular weight excluding hydrogens is 178 g/mol. The molecule has 1 nitrogen and oxygen atoms in total. The maximum absolute atomic E-state index is 2.45. The van der Waals surface area contributed by atoms with Gasteiger partial charge >= 0.3 is 0 Å². The van der Waals surface area contributed by atoms with Gasteiger partial charge in [0.25, 0.3) is 0 Å². The minimum absolute atomic E-state index is 0.578. The second-order valence-corrected chi connectivity index (χ2v) is 5.36. The van der Waals surface area contributed by atoms with Crippen molar-refractivity contribution < 1.29 is 0 Å². The van der Waals surface area contributed by atoms with Gasteiger partial charge in [0.2, 0.25) is 0 Å². The Labute approximate surface area is 84.5 Å². The molecule has 0 atom stereocenters. The van der Waals surface area contributed by atoms with Gasteiger partial charge < -0.3 is 4.57 Å². The van der Waals surface area contributed by atoms with E-state index in [4.69, 9.17) is 0 Å². The monoisotopic (exact) mass is 195 g/mol. The number of rotatable bonds is 3. The first-order chi connectivity index (χ1) is 6.17. The molecule has 0 amide bonds. The highest BCUT2D eigenvalue weighted by molar-refractivity contribution is 8.00. The van der Waals surface area contributed by atoms with E-state index in [0.717, 1.165) is 0 Å². The molecule has 0 aromatic carbocycles. The summed E-state index contributed by atoms with van der Waals surface area (Å²) in [7, 11) is 0. The zero-order valence-corrected chi connectivity index (χ0v) is 9.45. The lowest BCUT2D eigenvalue weighted by molar-refractivity contribution is 0.633. The van der Waals surface area contributed by atoms with Gasteiger partial charge in [-0.05, 0) is 45.1 Å². The Hall–Kier alpha value is -0.370. The van der Waals surface area contributed by atoms with Crippen LogP contribution in [0.5, 0.6) is 0 Å². The standard InChI is InChI=1S/C11H17NS/c1-9-4-5-10(2)12(9)8-11(13-3)6-7-11/h4-5H,6-8H2,1-3H3. The molecule has 0 radical (unpaired) electrons. The van der Waals surface area contributed by atoms with Crippen LogP contribution >= 0.6 is 11.8 Å². The Bertz CT molecular complexity index is 290. The Balaban J connectivity index is 2.17. The lowest BCUT2D eigenvalue weighted by Crippen LogP contribution is -2.15. The van der Waals surface area contributed by atoms with E-state index in [-0.39, 0.29) is 0 Å². The number of aromatic nitrogens is 1. The van der Waals surface area contributed by atoms with Crippen LogP contribution in [0.3, 0.4) is 0 Å². The average Bonchev–Trinajstić information content (AvgIpc) is 2.84. The molecule has 0 spiro atoms. The van der Waals surface area contributed by atoms with Crippen molar-refractivity contribution in [3.8, 4) is 0 Å². The molecular formula is C11H17NS. The van der Waals surface area contributed by atoms with Crippen LogP contribution in [0.25, 0.3) is 0 Å². The normalized spacial score (nSPS) is 19.0. The zero-order chi connectivity index (χ0) is 9.47. The van der Waals surface area contributed by atoms with Crippen molar-refractivity contribution in [3.05, 3.63) is 23.5 Å². The third-order valence-corrected chi connectivity index (χ3v) is 4.51. The minimum Gasteiger partial charge on any atom is -0.348 e. The van der Waals surface area contributed by atoms with Crippen molar-refractivity contribution in [1.29, 1.82) is 0 Å². The first-order valence-electron chi connectivity index (χ1n) is 4.85. The first-order valence-corrected chi connectivity index (χ1v) is 6.07. The van der Waals surface area contributed by atoms with E-state index in [1.54, 1.807) is 0 Å². The molecule has 72 valence electrons. The van der Waals surface area contributed by atoms with E-state index < -0.39 is 0 Å². The number of nitrogens with zero attached hydrogens (tertiary/aromatic N) is 1. The van der Waals surface area contributed by atoms with E-state index in [9.17, 15) is 0 Å². The first kappa shape index (κ1) is 9.20. The van der Waals surface area contributed by atoms with Crippen LogP contribution in [-0.4, -0.2) is 15.6 Å². The quantitative estimate of drug-likeness (QED) is 0.718. The van der Waals surface area contributed by atoms with Crippen molar-refractivity contribution in [2.45, 2.75) is 38.0 Å². The Kier molecular flexibility index (Phi) is 2.18. The molecule has 2 heteroatoms. The summed E-state index contributed by atoms with van der Waals surface area (Å²) >= 11 is 2.03. The molecule has 0 bridgehead atoms. The lowest BCUT2D eigenvalue weighted by Gasteiger charge is -2.16. The Morgan fingerprint density at radius 1 is 1.31 bits per heavy atom. The topological polar surface area (TPSA) is 4.93 Å². The maximum Gasteiger partial charge on any atom is 0.0372 e. The smallest absolute Gasteiger partial charge is 0.0372 e. The number of hydrogen-bond acceptors (Lipinski definition) is 1. The number of aryl methyl sites for hydroxylation is 2. The highest BCUT2D eigenvalue weighted by Crippen LogP contribution is 2.48. The molecule has 1 aliphatic carbocycles. The molecule has 0 N–H and O–H groups in total. The molecule has 1 fully saturated rings. The Morgan fingerprint density at radius 2 is 1.85 bits per heavy atom. The van der Waals surface area contributed by atoms with E-state index >= 15 is 0 Å². The molecule has 0 aliphatic heterocycles. The Morgan fingerprint density at radius 3 is 2.23 bits per heavy atom. The zero-order valence-electron chi connectivity index (χ0n) is 8.63. The second-order valence-electron chi connectivity index (χ2n) is 4.09. The summed E-state index contributed by atoms with van der Waals surface area (Å²) in [6, 6.07) is 4.43.